The quantitative estimate of drug-likeness (QED) is 0.393. The lowest BCUT2D eigenvalue weighted by molar-refractivity contribution is -0.114. The number of aromatic nitrogens is 4. The van der Waals surface area contributed by atoms with E-state index < -0.39 is 0 Å². The summed E-state index contributed by atoms with van der Waals surface area (Å²) in [5, 5.41) is 0. The summed E-state index contributed by atoms with van der Waals surface area (Å²) in [5.41, 5.74) is 3.22. The molecule has 0 amide bonds. The van der Waals surface area contributed by atoms with Gasteiger partial charge in [-0.05, 0) is 43.4 Å². The summed E-state index contributed by atoms with van der Waals surface area (Å²) in [5.74, 6) is 0.612. The number of allylic oxidation sites excluding steroid dienone is 1. The predicted molar refractivity (Wildman–Crippen MR) is 129 cm³/mol. The van der Waals surface area contributed by atoms with Gasteiger partial charge < -0.3 is 4.90 Å². The highest BCUT2D eigenvalue weighted by Crippen LogP contribution is 2.16. The number of ketones is 1. The van der Waals surface area contributed by atoms with Crippen molar-refractivity contribution in [3.63, 3.8) is 0 Å². The minimum absolute atomic E-state index is 0.00778. The molecule has 0 aliphatic rings. The molecule has 0 aliphatic carbocycles. The molecule has 2 aromatic carbocycles. The van der Waals surface area contributed by atoms with E-state index in [4.69, 9.17) is 0 Å². The second-order valence-electron chi connectivity index (χ2n) is 8.07. The SMILES string of the molecule is CN(C)C/C=C/C(=O)Cc1cccc(-n2c(=O)cnc3cnc(Cc4ccccc4)nc32)c1. The third-order valence-electron chi connectivity index (χ3n) is 5.07. The molecule has 0 saturated heterocycles. The first-order valence-electron chi connectivity index (χ1n) is 10.7. The van der Waals surface area contributed by atoms with Gasteiger partial charge in [0.2, 0.25) is 0 Å². The number of carbonyl (C=O) groups is 1. The molecule has 2 heterocycles. The molecule has 0 bridgehead atoms. The topological polar surface area (TPSA) is 81.0 Å². The van der Waals surface area contributed by atoms with E-state index in [2.05, 4.69) is 15.0 Å². The number of likely N-dealkylation sites (N-methyl/N-ethyl adjacent to an activating group) is 1. The molecule has 0 radical (unpaired) electrons. The van der Waals surface area contributed by atoms with Crippen molar-refractivity contribution in [2.24, 2.45) is 0 Å². The molecule has 0 aliphatic heterocycles. The highest BCUT2D eigenvalue weighted by molar-refractivity contribution is 5.91. The van der Waals surface area contributed by atoms with E-state index in [0.29, 0.717) is 35.6 Å². The highest BCUT2D eigenvalue weighted by Gasteiger charge is 2.11. The van der Waals surface area contributed by atoms with Gasteiger partial charge in [-0.15, -0.1) is 0 Å². The Morgan fingerprint density at radius 1 is 1.00 bits per heavy atom. The Labute approximate surface area is 192 Å². The zero-order valence-corrected chi connectivity index (χ0v) is 18.7. The van der Waals surface area contributed by atoms with Crippen LogP contribution in [0.1, 0.15) is 17.0 Å². The van der Waals surface area contributed by atoms with Crippen LogP contribution in [-0.4, -0.2) is 50.8 Å². The van der Waals surface area contributed by atoms with Gasteiger partial charge in [-0.2, -0.15) is 0 Å². The normalized spacial score (nSPS) is 11.5. The van der Waals surface area contributed by atoms with Gasteiger partial charge in [-0.1, -0.05) is 48.5 Å². The van der Waals surface area contributed by atoms with E-state index in [1.54, 1.807) is 12.3 Å². The van der Waals surface area contributed by atoms with Crippen molar-refractivity contribution < 1.29 is 4.79 Å². The third kappa shape index (κ3) is 5.64. The molecule has 0 saturated carbocycles. The first-order chi connectivity index (χ1) is 16.0. The Hall–Kier alpha value is -3.97. The van der Waals surface area contributed by atoms with Crippen molar-refractivity contribution in [3.8, 4) is 5.69 Å². The molecule has 2 aromatic heterocycles. The van der Waals surface area contributed by atoms with Crippen LogP contribution in [0.3, 0.4) is 0 Å². The summed E-state index contributed by atoms with van der Waals surface area (Å²) >= 11 is 0. The summed E-state index contributed by atoms with van der Waals surface area (Å²) in [6.07, 6.45) is 7.16. The van der Waals surface area contributed by atoms with Crippen molar-refractivity contribution >= 4 is 16.9 Å². The fraction of sp³-hybridized carbons (Fsp3) is 0.192. The lowest BCUT2D eigenvalue weighted by Gasteiger charge is -2.11. The van der Waals surface area contributed by atoms with Crippen LogP contribution in [-0.2, 0) is 17.6 Å². The Bertz CT molecular complexity index is 1360. The van der Waals surface area contributed by atoms with Gasteiger partial charge in [0.1, 0.15) is 11.3 Å². The molecule has 0 spiro atoms. The van der Waals surface area contributed by atoms with Crippen molar-refractivity contribution in [2.45, 2.75) is 12.8 Å². The molecule has 4 rings (SSSR count). The van der Waals surface area contributed by atoms with Crippen LogP contribution in [0.15, 0.2) is 83.9 Å². The van der Waals surface area contributed by atoms with Gasteiger partial charge in [0.25, 0.3) is 5.56 Å². The van der Waals surface area contributed by atoms with Crippen LogP contribution >= 0.6 is 0 Å². The maximum absolute atomic E-state index is 12.8. The van der Waals surface area contributed by atoms with Crippen molar-refractivity contribution in [2.75, 3.05) is 20.6 Å². The Kier molecular flexibility index (Phi) is 6.80. The average molecular weight is 440 g/mol. The molecule has 7 nitrogen and oxygen atoms in total. The maximum Gasteiger partial charge on any atom is 0.275 e. The number of hydrogen-bond acceptors (Lipinski definition) is 6. The average Bonchev–Trinajstić information content (AvgIpc) is 2.79. The van der Waals surface area contributed by atoms with Gasteiger partial charge in [0.15, 0.2) is 11.4 Å². The number of hydrogen-bond donors (Lipinski definition) is 0. The van der Waals surface area contributed by atoms with Crippen LogP contribution in [0.5, 0.6) is 0 Å². The van der Waals surface area contributed by atoms with Crippen LogP contribution in [0.2, 0.25) is 0 Å². The number of fused-ring (bicyclic) bond motifs is 1. The molecular weight excluding hydrogens is 414 g/mol. The second-order valence-corrected chi connectivity index (χ2v) is 8.07. The standard InChI is InChI=1S/C26H25N5O2/c1-30(2)13-7-12-22(32)15-20-10-6-11-21(14-20)31-25(33)18-27-23-17-28-24(29-26(23)31)16-19-8-4-3-5-9-19/h3-12,14,17-18H,13,15-16H2,1-2H3/b12-7+. The minimum atomic E-state index is -0.291. The maximum atomic E-state index is 12.8. The van der Waals surface area contributed by atoms with Crippen molar-refractivity contribution in [1.29, 1.82) is 0 Å². The van der Waals surface area contributed by atoms with Crippen LogP contribution < -0.4 is 5.56 Å². The molecule has 166 valence electrons. The van der Waals surface area contributed by atoms with Crippen molar-refractivity contribution in [1.82, 2.24) is 24.4 Å². The lowest BCUT2D eigenvalue weighted by Crippen LogP contribution is -2.20. The van der Waals surface area contributed by atoms with Crippen LogP contribution in [0.25, 0.3) is 16.9 Å². The zero-order valence-electron chi connectivity index (χ0n) is 18.7. The molecule has 0 atom stereocenters. The van der Waals surface area contributed by atoms with E-state index in [9.17, 15) is 9.59 Å². The first kappa shape index (κ1) is 22.2. The Balaban J connectivity index is 1.67. The summed E-state index contributed by atoms with van der Waals surface area (Å²) in [4.78, 5) is 40.4. The summed E-state index contributed by atoms with van der Waals surface area (Å²) in [6, 6.07) is 17.3. The smallest absolute Gasteiger partial charge is 0.275 e. The van der Waals surface area contributed by atoms with Crippen LogP contribution in [0, 0.1) is 0 Å². The summed E-state index contributed by atoms with van der Waals surface area (Å²) in [7, 11) is 3.90. The van der Waals surface area contributed by atoms with Crippen LogP contribution in [0.4, 0.5) is 0 Å². The molecule has 4 aromatic rings. The molecule has 0 unspecified atom stereocenters. The van der Waals surface area contributed by atoms with Gasteiger partial charge >= 0.3 is 0 Å². The van der Waals surface area contributed by atoms with Gasteiger partial charge in [-0.3, -0.25) is 14.2 Å². The molecule has 0 fully saturated rings. The third-order valence-corrected chi connectivity index (χ3v) is 5.07. The Morgan fingerprint density at radius 2 is 1.79 bits per heavy atom. The first-order valence-corrected chi connectivity index (χ1v) is 10.7. The van der Waals surface area contributed by atoms with Crippen molar-refractivity contribution in [3.05, 3.63) is 106 Å². The largest absolute Gasteiger partial charge is 0.306 e. The van der Waals surface area contributed by atoms with E-state index in [0.717, 1.165) is 11.1 Å². The monoisotopic (exact) mass is 439 g/mol. The number of benzene rings is 2. The zero-order chi connectivity index (χ0) is 23.2. The number of rotatable bonds is 8. The second kappa shape index (κ2) is 10.1. The minimum Gasteiger partial charge on any atom is -0.306 e. The highest BCUT2D eigenvalue weighted by atomic mass is 16.1. The fourth-order valence-corrected chi connectivity index (χ4v) is 3.52. The molecule has 33 heavy (non-hydrogen) atoms. The summed E-state index contributed by atoms with van der Waals surface area (Å²) in [6.45, 7) is 0.704. The molecular formula is C26H25N5O2. The van der Waals surface area contributed by atoms with E-state index >= 15 is 0 Å². The van der Waals surface area contributed by atoms with E-state index in [-0.39, 0.29) is 17.8 Å². The number of carbonyl (C=O) groups excluding carboxylic acids is 1. The lowest BCUT2D eigenvalue weighted by atomic mass is 10.1. The molecule has 7 heteroatoms. The van der Waals surface area contributed by atoms with E-state index in [1.807, 2.05) is 79.7 Å². The summed E-state index contributed by atoms with van der Waals surface area (Å²) < 4.78 is 1.52. The van der Waals surface area contributed by atoms with E-state index in [1.165, 1.54) is 10.8 Å². The number of nitrogens with zero attached hydrogens (tertiary/aromatic N) is 5. The fourth-order valence-electron chi connectivity index (χ4n) is 3.52. The molecule has 0 N–H and O–H groups in total. The van der Waals surface area contributed by atoms with Gasteiger partial charge in [0.05, 0.1) is 18.1 Å². The predicted octanol–water partition coefficient (Wildman–Crippen LogP) is 3.00. The van der Waals surface area contributed by atoms with Gasteiger partial charge in [-0.25, -0.2) is 15.0 Å². The Morgan fingerprint density at radius 3 is 2.58 bits per heavy atom. The van der Waals surface area contributed by atoms with Gasteiger partial charge in [0, 0.05) is 19.4 Å².